The number of rotatable bonds is 5. The van der Waals surface area contributed by atoms with Gasteiger partial charge >= 0.3 is 0 Å². The number of aromatic hydroxyl groups is 1. The number of halogens is 3. The maximum atomic E-state index is 12.6. The summed E-state index contributed by atoms with van der Waals surface area (Å²) < 4.78 is 0. The zero-order chi connectivity index (χ0) is 23.2. The second-order valence-corrected chi connectivity index (χ2v) is 9.41. The van der Waals surface area contributed by atoms with Crippen LogP contribution in [0.15, 0.2) is 46.2 Å². The van der Waals surface area contributed by atoms with Gasteiger partial charge in [-0.25, -0.2) is 0 Å². The molecule has 32 heavy (non-hydrogen) atoms. The second kappa shape index (κ2) is 8.90. The number of fused-ring (bicyclic) bond motifs is 1. The van der Waals surface area contributed by atoms with E-state index in [9.17, 15) is 9.90 Å². The molecule has 0 fully saturated rings. The summed E-state index contributed by atoms with van der Waals surface area (Å²) in [7, 11) is 3.77. The van der Waals surface area contributed by atoms with Gasteiger partial charge in [0.1, 0.15) is 10.8 Å². The van der Waals surface area contributed by atoms with E-state index in [1.807, 2.05) is 31.3 Å². The first-order chi connectivity index (χ1) is 15.2. The van der Waals surface area contributed by atoms with Crippen molar-refractivity contribution in [1.29, 1.82) is 0 Å². The highest BCUT2D eigenvalue weighted by Crippen LogP contribution is 2.49. The van der Waals surface area contributed by atoms with E-state index in [0.717, 1.165) is 11.4 Å². The van der Waals surface area contributed by atoms with E-state index in [4.69, 9.17) is 34.8 Å². The standard InChI is InChI=1S/C22H19Cl3N4O2S/c1-29(2)19-18(22(32-3)28-27-19)17(16-13(24)8-10(23)9-14(16)25)15-11-6-4-5-7-12(11)20(30)26-21(15)31/h4-9,17H,1-3H3,(H,27,28)(H2,26,30,31). The van der Waals surface area contributed by atoms with Crippen molar-refractivity contribution in [2.24, 2.45) is 0 Å². The van der Waals surface area contributed by atoms with E-state index < -0.39 is 5.92 Å². The number of aromatic amines is 2. The van der Waals surface area contributed by atoms with E-state index in [1.165, 1.54) is 11.8 Å². The number of hydrogen-bond donors (Lipinski definition) is 3. The van der Waals surface area contributed by atoms with Crippen LogP contribution in [0.1, 0.15) is 22.6 Å². The molecule has 3 N–H and O–H groups in total. The van der Waals surface area contributed by atoms with E-state index in [1.54, 1.807) is 30.3 Å². The maximum absolute atomic E-state index is 12.6. The van der Waals surface area contributed by atoms with Crippen molar-refractivity contribution in [2.45, 2.75) is 10.9 Å². The van der Waals surface area contributed by atoms with Crippen LogP contribution >= 0.6 is 46.6 Å². The van der Waals surface area contributed by atoms with Gasteiger partial charge in [-0.3, -0.25) is 14.9 Å². The molecule has 0 radical (unpaired) electrons. The molecule has 1 atom stereocenters. The number of nitrogens with zero attached hydrogens (tertiary/aromatic N) is 2. The van der Waals surface area contributed by atoms with E-state index in [-0.39, 0.29) is 11.4 Å². The van der Waals surface area contributed by atoms with Gasteiger partial charge in [-0.15, -0.1) is 11.8 Å². The van der Waals surface area contributed by atoms with Crippen LogP contribution in [0.5, 0.6) is 5.88 Å². The maximum Gasteiger partial charge on any atom is 0.258 e. The third kappa shape index (κ3) is 3.83. The number of pyridine rings is 1. The molecule has 6 nitrogen and oxygen atoms in total. The molecule has 0 aliphatic carbocycles. The molecule has 166 valence electrons. The summed E-state index contributed by atoms with van der Waals surface area (Å²) in [4.78, 5) is 17.0. The van der Waals surface area contributed by atoms with Crippen LogP contribution in [-0.2, 0) is 0 Å². The molecule has 2 aromatic carbocycles. The zero-order valence-electron chi connectivity index (χ0n) is 17.3. The highest BCUT2D eigenvalue weighted by molar-refractivity contribution is 7.98. The fraction of sp³-hybridized carbons (Fsp3) is 0.182. The van der Waals surface area contributed by atoms with Gasteiger partial charge in [-0.05, 0) is 29.8 Å². The van der Waals surface area contributed by atoms with Gasteiger partial charge in [-0.1, -0.05) is 53.0 Å². The molecule has 2 aromatic heterocycles. The minimum absolute atomic E-state index is 0.265. The van der Waals surface area contributed by atoms with Gasteiger partial charge < -0.3 is 10.0 Å². The molecule has 0 aliphatic rings. The second-order valence-electron chi connectivity index (χ2n) is 7.37. The van der Waals surface area contributed by atoms with Gasteiger partial charge in [0.15, 0.2) is 5.88 Å². The molecule has 0 bridgehead atoms. The lowest BCUT2D eigenvalue weighted by Crippen LogP contribution is -2.17. The third-order valence-electron chi connectivity index (χ3n) is 5.25. The molecule has 10 heteroatoms. The lowest BCUT2D eigenvalue weighted by atomic mass is 9.84. The molecule has 0 amide bonds. The number of nitrogens with one attached hydrogen (secondary N) is 2. The Labute approximate surface area is 203 Å². The summed E-state index contributed by atoms with van der Waals surface area (Å²) in [5, 5.41) is 21.3. The third-order valence-corrected chi connectivity index (χ3v) is 6.79. The molecule has 0 spiro atoms. The van der Waals surface area contributed by atoms with Crippen LogP contribution < -0.4 is 10.5 Å². The summed E-state index contributed by atoms with van der Waals surface area (Å²) in [6, 6.07) is 10.3. The van der Waals surface area contributed by atoms with Crippen LogP contribution in [0.4, 0.5) is 5.82 Å². The summed E-state index contributed by atoms with van der Waals surface area (Å²) in [5.74, 6) is -0.206. The minimum Gasteiger partial charge on any atom is -0.494 e. The van der Waals surface area contributed by atoms with Crippen molar-refractivity contribution >= 4 is 63.2 Å². The first-order valence-corrected chi connectivity index (χ1v) is 11.9. The van der Waals surface area contributed by atoms with Crippen LogP contribution in [0.3, 0.4) is 0 Å². The Balaban J connectivity index is 2.20. The number of thioether (sulfide) groups is 1. The lowest BCUT2D eigenvalue weighted by Gasteiger charge is -2.25. The quantitative estimate of drug-likeness (QED) is 0.292. The van der Waals surface area contributed by atoms with E-state index in [2.05, 4.69) is 15.2 Å². The minimum atomic E-state index is -0.660. The number of anilines is 1. The average molecular weight is 510 g/mol. The van der Waals surface area contributed by atoms with Gasteiger partial charge in [-0.2, -0.15) is 5.10 Å². The first-order valence-electron chi connectivity index (χ1n) is 9.52. The monoisotopic (exact) mass is 508 g/mol. The largest absolute Gasteiger partial charge is 0.494 e. The Hall–Kier alpha value is -2.32. The molecule has 0 saturated heterocycles. The van der Waals surface area contributed by atoms with Crippen molar-refractivity contribution in [3.05, 3.63) is 78.5 Å². The molecule has 0 aliphatic heterocycles. The van der Waals surface area contributed by atoms with E-state index >= 15 is 0 Å². The first kappa shape index (κ1) is 22.9. The van der Waals surface area contributed by atoms with Crippen molar-refractivity contribution in [1.82, 2.24) is 15.2 Å². The normalized spacial score (nSPS) is 12.3. The van der Waals surface area contributed by atoms with Gasteiger partial charge in [0.05, 0.1) is 0 Å². The van der Waals surface area contributed by atoms with Crippen LogP contribution in [-0.4, -0.2) is 40.6 Å². The molecule has 4 aromatic rings. The summed E-state index contributed by atoms with van der Waals surface area (Å²) in [5.41, 5.74) is 1.39. The lowest BCUT2D eigenvalue weighted by molar-refractivity contribution is 0.445. The number of H-pyrrole nitrogens is 2. The highest BCUT2D eigenvalue weighted by Gasteiger charge is 2.33. The van der Waals surface area contributed by atoms with Gasteiger partial charge in [0.25, 0.3) is 5.56 Å². The summed E-state index contributed by atoms with van der Waals surface area (Å²) in [6.07, 6.45) is 1.91. The molecule has 1 unspecified atom stereocenters. The topological polar surface area (TPSA) is 85.0 Å². The fourth-order valence-electron chi connectivity index (χ4n) is 3.92. The Morgan fingerprint density at radius 1 is 1.03 bits per heavy atom. The molecular weight excluding hydrogens is 491 g/mol. The average Bonchev–Trinajstić information content (AvgIpc) is 3.16. The van der Waals surface area contributed by atoms with Crippen molar-refractivity contribution in [3.63, 3.8) is 0 Å². The highest BCUT2D eigenvalue weighted by atomic mass is 35.5. The molecule has 4 rings (SSSR count). The van der Waals surface area contributed by atoms with Crippen molar-refractivity contribution in [2.75, 3.05) is 25.3 Å². The van der Waals surface area contributed by atoms with E-state index in [0.29, 0.717) is 42.0 Å². The Kier molecular flexibility index (Phi) is 6.36. The summed E-state index contributed by atoms with van der Waals surface area (Å²) in [6.45, 7) is 0. The predicted molar refractivity (Wildman–Crippen MR) is 133 cm³/mol. The van der Waals surface area contributed by atoms with Crippen molar-refractivity contribution in [3.8, 4) is 5.88 Å². The number of hydrogen-bond acceptors (Lipinski definition) is 5. The van der Waals surface area contributed by atoms with Gasteiger partial charge in [0, 0.05) is 57.2 Å². The van der Waals surface area contributed by atoms with Crippen LogP contribution in [0, 0.1) is 0 Å². The zero-order valence-corrected chi connectivity index (χ0v) is 20.4. The Morgan fingerprint density at radius 2 is 1.66 bits per heavy atom. The fourth-order valence-corrected chi connectivity index (χ4v) is 5.53. The molecule has 0 saturated carbocycles. The van der Waals surface area contributed by atoms with Gasteiger partial charge in [0.2, 0.25) is 0 Å². The Bertz CT molecular complexity index is 1360. The molecule has 2 heterocycles. The predicted octanol–water partition coefficient (Wildman–Crippen LogP) is 5.89. The van der Waals surface area contributed by atoms with Crippen LogP contribution in [0.2, 0.25) is 15.1 Å². The van der Waals surface area contributed by atoms with Crippen LogP contribution in [0.25, 0.3) is 10.8 Å². The smallest absolute Gasteiger partial charge is 0.258 e. The SMILES string of the molecule is CSc1n[nH]c(N(C)C)c1C(c1c(Cl)cc(Cl)cc1Cl)c1c(O)[nH]c(=O)c2ccccc12. The van der Waals surface area contributed by atoms with Crippen molar-refractivity contribution < 1.29 is 5.11 Å². The number of benzene rings is 2. The summed E-state index contributed by atoms with van der Waals surface area (Å²) >= 11 is 21.0. The Morgan fingerprint density at radius 3 is 2.25 bits per heavy atom. The number of aromatic nitrogens is 3. The molecular formula is C22H19Cl3N4O2S.